The van der Waals surface area contributed by atoms with Crippen molar-refractivity contribution in [1.82, 2.24) is 0 Å². The van der Waals surface area contributed by atoms with Crippen LogP contribution in [0.25, 0.3) is 0 Å². The van der Waals surface area contributed by atoms with Gasteiger partial charge in [-0.25, -0.2) is 4.79 Å². The molecule has 0 aromatic heterocycles. The predicted molar refractivity (Wildman–Crippen MR) is 294 cm³/mol. The molecule has 424 valence electrons. The van der Waals surface area contributed by atoms with Gasteiger partial charge in [0.1, 0.15) is 18.8 Å². The number of aliphatic hydroxyl groups excluding tert-OH is 2. The molecule has 0 radical (unpaired) electrons. The molecule has 12 nitrogen and oxygen atoms in total. The highest BCUT2D eigenvalue weighted by molar-refractivity contribution is 5.74. The number of hydrogen-bond donors (Lipinski definition) is 3. The van der Waals surface area contributed by atoms with E-state index in [1.54, 1.807) is 0 Å². The average molecular weight is 1030 g/mol. The first-order valence-corrected chi connectivity index (χ1v) is 30.0. The number of carbonyl (C=O) groups is 4. The minimum absolute atomic E-state index is 0.0517. The summed E-state index contributed by atoms with van der Waals surface area (Å²) in [5, 5.41) is 31.5. The van der Waals surface area contributed by atoms with E-state index in [0.29, 0.717) is 19.3 Å². The monoisotopic (exact) mass is 1030 g/mol. The fraction of sp³-hybridized carbons (Fsp3) is 0.836. The maximum absolute atomic E-state index is 13.1. The van der Waals surface area contributed by atoms with Gasteiger partial charge in [0.2, 0.25) is 0 Å². The molecular weight excluding hydrogens is 925 g/mol. The van der Waals surface area contributed by atoms with Crippen molar-refractivity contribution in [2.45, 2.75) is 314 Å². The molecule has 73 heavy (non-hydrogen) atoms. The number of allylic oxidation sites excluding steroid dienone is 6. The van der Waals surface area contributed by atoms with Crippen LogP contribution in [0.15, 0.2) is 36.5 Å². The number of ether oxygens (including phenoxy) is 5. The number of aliphatic carboxylic acids is 1. The van der Waals surface area contributed by atoms with Gasteiger partial charge in [-0.3, -0.25) is 14.4 Å². The van der Waals surface area contributed by atoms with Crippen molar-refractivity contribution in [2.24, 2.45) is 0 Å². The van der Waals surface area contributed by atoms with E-state index in [0.717, 1.165) is 109 Å². The smallest absolute Gasteiger partial charge is 0.335 e. The zero-order valence-electron chi connectivity index (χ0n) is 46.6. The summed E-state index contributed by atoms with van der Waals surface area (Å²) in [7, 11) is 0. The predicted octanol–water partition coefficient (Wildman–Crippen LogP) is 15.2. The lowest BCUT2D eigenvalue weighted by Crippen LogP contribution is -2.61. The Kier molecular flexibility index (Phi) is 46.4. The van der Waals surface area contributed by atoms with Gasteiger partial charge in [-0.15, -0.1) is 0 Å². The first-order valence-electron chi connectivity index (χ1n) is 30.0. The summed E-state index contributed by atoms with van der Waals surface area (Å²) in [6, 6.07) is 0. The first-order chi connectivity index (χ1) is 35.6. The van der Waals surface area contributed by atoms with E-state index in [1.807, 2.05) is 0 Å². The molecule has 0 saturated carbocycles. The number of unbranched alkanes of at least 4 members (excludes halogenated alkanes) is 31. The second kappa shape index (κ2) is 49.8. The van der Waals surface area contributed by atoms with Crippen LogP contribution < -0.4 is 0 Å². The van der Waals surface area contributed by atoms with E-state index in [9.17, 15) is 34.5 Å². The van der Waals surface area contributed by atoms with Crippen LogP contribution in [0.5, 0.6) is 0 Å². The molecule has 6 atom stereocenters. The molecule has 12 heteroatoms. The third-order valence-electron chi connectivity index (χ3n) is 13.7. The van der Waals surface area contributed by atoms with Gasteiger partial charge in [0.25, 0.3) is 0 Å². The standard InChI is InChI=1S/C61H108O12/c1-4-7-10-13-16-19-22-25-27-30-32-35-38-41-44-47-53(62)69-50-52(71-54(63)48-45-42-39-36-33-29-24-21-18-15-12-9-6-3)51-70-61-59(57(66)56(65)58(73-61)60(67)68)72-55(64)49-46-43-40-37-34-31-28-26-23-20-17-14-11-8-5-2/h12,15,21,24,26,28,52,56-59,61,65-66H,4-11,13-14,16-20,22-23,25,27,29-51H2,1-3H3,(H,67,68)/b15-12-,24-21-,28-26-. The van der Waals surface area contributed by atoms with E-state index >= 15 is 0 Å². The average Bonchev–Trinajstić information content (AvgIpc) is 3.37. The molecule has 0 aromatic rings. The first kappa shape index (κ1) is 68.0. The molecule has 0 aliphatic carbocycles. The molecule has 0 aromatic carbocycles. The van der Waals surface area contributed by atoms with Crippen LogP contribution in [0.3, 0.4) is 0 Å². The quantitative estimate of drug-likeness (QED) is 0.0228. The number of carboxylic acid groups (broad SMARTS) is 1. The second-order valence-electron chi connectivity index (χ2n) is 20.6. The highest BCUT2D eigenvalue weighted by Crippen LogP contribution is 2.26. The molecule has 1 aliphatic rings. The Labute approximate surface area is 444 Å². The molecule has 0 bridgehead atoms. The number of rotatable bonds is 51. The molecule has 0 spiro atoms. The van der Waals surface area contributed by atoms with Gasteiger partial charge >= 0.3 is 23.9 Å². The molecule has 1 rings (SSSR count). The number of hydrogen-bond acceptors (Lipinski definition) is 11. The van der Waals surface area contributed by atoms with Crippen molar-refractivity contribution in [3.8, 4) is 0 Å². The molecule has 0 amide bonds. The van der Waals surface area contributed by atoms with E-state index in [4.69, 9.17) is 23.7 Å². The van der Waals surface area contributed by atoms with Gasteiger partial charge in [-0.1, -0.05) is 224 Å². The minimum atomic E-state index is -1.90. The molecule has 1 heterocycles. The fourth-order valence-electron chi connectivity index (χ4n) is 9.05. The van der Waals surface area contributed by atoms with Crippen molar-refractivity contribution in [1.29, 1.82) is 0 Å². The van der Waals surface area contributed by atoms with E-state index in [2.05, 4.69) is 57.2 Å². The lowest BCUT2D eigenvalue weighted by molar-refractivity contribution is -0.301. The third kappa shape index (κ3) is 39.9. The van der Waals surface area contributed by atoms with E-state index in [1.165, 1.54) is 109 Å². The van der Waals surface area contributed by atoms with Gasteiger partial charge in [-0.05, 0) is 70.6 Å². The lowest BCUT2D eigenvalue weighted by atomic mass is 9.98. The molecule has 1 saturated heterocycles. The molecule has 6 unspecified atom stereocenters. The van der Waals surface area contributed by atoms with Gasteiger partial charge in [-0.2, -0.15) is 0 Å². The number of aliphatic hydroxyl groups is 2. The van der Waals surface area contributed by atoms with Crippen LogP contribution in [0.4, 0.5) is 0 Å². The highest BCUT2D eigenvalue weighted by atomic mass is 16.7. The van der Waals surface area contributed by atoms with Crippen LogP contribution in [0.1, 0.15) is 278 Å². The third-order valence-corrected chi connectivity index (χ3v) is 13.7. The van der Waals surface area contributed by atoms with Gasteiger partial charge in [0.15, 0.2) is 24.6 Å². The zero-order valence-corrected chi connectivity index (χ0v) is 46.6. The summed E-state index contributed by atoms with van der Waals surface area (Å²) in [5.41, 5.74) is 0. The number of carbonyl (C=O) groups excluding carboxylic acids is 3. The van der Waals surface area contributed by atoms with Crippen LogP contribution in [0, 0.1) is 0 Å². The Morgan fingerprint density at radius 3 is 1.30 bits per heavy atom. The van der Waals surface area contributed by atoms with Crippen LogP contribution >= 0.6 is 0 Å². The highest BCUT2D eigenvalue weighted by Gasteiger charge is 2.50. The van der Waals surface area contributed by atoms with Gasteiger partial charge in [0.05, 0.1) is 6.61 Å². The fourth-order valence-corrected chi connectivity index (χ4v) is 9.05. The summed E-state index contributed by atoms with van der Waals surface area (Å²) >= 11 is 0. The zero-order chi connectivity index (χ0) is 53.3. The molecule has 1 fully saturated rings. The Morgan fingerprint density at radius 2 is 0.849 bits per heavy atom. The second-order valence-corrected chi connectivity index (χ2v) is 20.6. The van der Waals surface area contributed by atoms with Crippen molar-refractivity contribution in [3.63, 3.8) is 0 Å². The summed E-state index contributed by atoms with van der Waals surface area (Å²) in [4.78, 5) is 51.1. The van der Waals surface area contributed by atoms with E-state index < -0.39 is 67.3 Å². The van der Waals surface area contributed by atoms with Crippen molar-refractivity contribution in [3.05, 3.63) is 36.5 Å². The van der Waals surface area contributed by atoms with Crippen LogP contribution in [-0.2, 0) is 42.9 Å². The molecule has 1 aliphatic heterocycles. The Hall–Kier alpha value is -3.06. The van der Waals surface area contributed by atoms with Crippen LogP contribution in [-0.4, -0.2) is 89.2 Å². The Bertz CT molecular complexity index is 1410. The maximum atomic E-state index is 13.1. The van der Waals surface area contributed by atoms with Crippen molar-refractivity contribution in [2.75, 3.05) is 13.2 Å². The Balaban J connectivity index is 2.69. The number of esters is 3. The largest absolute Gasteiger partial charge is 0.479 e. The Morgan fingerprint density at radius 1 is 0.452 bits per heavy atom. The summed E-state index contributed by atoms with van der Waals surface area (Å²) < 4.78 is 28.4. The molecule has 3 N–H and O–H groups in total. The normalized spacial score (nSPS) is 18.5. The van der Waals surface area contributed by atoms with Crippen molar-refractivity contribution >= 4 is 23.9 Å². The summed E-state index contributed by atoms with van der Waals surface area (Å²) in [6.07, 6.45) is 45.4. The van der Waals surface area contributed by atoms with E-state index in [-0.39, 0.29) is 25.9 Å². The van der Waals surface area contributed by atoms with Crippen molar-refractivity contribution < 1.29 is 58.2 Å². The summed E-state index contributed by atoms with van der Waals surface area (Å²) in [5.74, 6) is -3.13. The van der Waals surface area contributed by atoms with Crippen LogP contribution in [0.2, 0.25) is 0 Å². The van der Waals surface area contributed by atoms with Gasteiger partial charge < -0.3 is 39.0 Å². The summed E-state index contributed by atoms with van der Waals surface area (Å²) in [6.45, 7) is 5.93. The SMILES string of the molecule is CCC/C=C\C/C=C\CCCCCCCC(=O)OC(COC(=O)CCCCCCCCCCCCCCCCC)COC1OC(C(=O)O)C(O)C(O)C1OC(=O)CCCCCCC/C=C\CCCCCCCC. The van der Waals surface area contributed by atoms with Gasteiger partial charge in [0, 0.05) is 19.3 Å². The molecular formula is C61H108O12. The lowest BCUT2D eigenvalue weighted by Gasteiger charge is -2.40. The minimum Gasteiger partial charge on any atom is -0.479 e. The maximum Gasteiger partial charge on any atom is 0.335 e. The number of carboxylic acids is 1. The topological polar surface area (TPSA) is 175 Å².